The zero-order valence-corrected chi connectivity index (χ0v) is 11.8. The van der Waals surface area contributed by atoms with Crippen molar-refractivity contribution in [1.82, 2.24) is 4.72 Å². The van der Waals surface area contributed by atoms with Gasteiger partial charge < -0.3 is 10.8 Å². The van der Waals surface area contributed by atoms with Crippen molar-refractivity contribution in [3.05, 3.63) is 23.8 Å². The maximum atomic E-state index is 12.3. The van der Waals surface area contributed by atoms with Gasteiger partial charge in [-0.05, 0) is 37.5 Å². The summed E-state index contributed by atoms with van der Waals surface area (Å²) in [7, 11) is -3.64. The monoisotopic (exact) mass is 284 g/mol. The van der Waals surface area contributed by atoms with Crippen molar-refractivity contribution in [2.45, 2.75) is 49.6 Å². The number of aliphatic hydroxyl groups excluding tert-OH is 1. The molecule has 1 aliphatic rings. The molecule has 0 spiro atoms. The van der Waals surface area contributed by atoms with Crippen molar-refractivity contribution in [3.63, 3.8) is 0 Å². The van der Waals surface area contributed by atoms with Crippen LogP contribution in [0.5, 0.6) is 0 Å². The highest BCUT2D eigenvalue weighted by Crippen LogP contribution is 2.23. The Morgan fingerprint density at radius 3 is 2.68 bits per heavy atom. The van der Waals surface area contributed by atoms with Crippen molar-refractivity contribution < 1.29 is 13.5 Å². The molecule has 1 aromatic carbocycles. The standard InChI is InChI=1S/C13H20N2O3S/c1-9-6-7-10(14)8-13(9)19(17,18)15-11-4-2-3-5-12(11)16/h6-8,11-12,15-16H,2-5,14H2,1H3/t11-,12-/m1/s1. The Hall–Kier alpha value is -1.11. The molecule has 1 saturated carbocycles. The highest BCUT2D eigenvalue weighted by Gasteiger charge is 2.28. The Morgan fingerprint density at radius 2 is 2.00 bits per heavy atom. The number of sulfonamides is 1. The van der Waals surface area contributed by atoms with E-state index in [0.717, 1.165) is 12.8 Å². The number of aryl methyl sites for hydroxylation is 1. The third-order valence-electron chi connectivity index (χ3n) is 3.54. The maximum absolute atomic E-state index is 12.3. The van der Waals surface area contributed by atoms with E-state index in [1.54, 1.807) is 19.1 Å². The quantitative estimate of drug-likeness (QED) is 0.726. The molecule has 4 N–H and O–H groups in total. The topological polar surface area (TPSA) is 92.4 Å². The fourth-order valence-corrected chi connectivity index (χ4v) is 4.00. The Kier molecular flexibility index (Phi) is 4.13. The molecule has 19 heavy (non-hydrogen) atoms. The van der Waals surface area contributed by atoms with Gasteiger partial charge in [0, 0.05) is 11.7 Å². The van der Waals surface area contributed by atoms with Crippen molar-refractivity contribution in [3.8, 4) is 0 Å². The zero-order chi connectivity index (χ0) is 14.0. The first-order valence-electron chi connectivity index (χ1n) is 6.46. The molecule has 0 heterocycles. The van der Waals surface area contributed by atoms with Gasteiger partial charge in [-0.25, -0.2) is 13.1 Å². The molecule has 106 valence electrons. The van der Waals surface area contributed by atoms with Gasteiger partial charge in [-0.1, -0.05) is 18.9 Å². The molecule has 1 fully saturated rings. The minimum absolute atomic E-state index is 0.185. The number of nitrogens with two attached hydrogens (primary N) is 1. The van der Waals surface area contributed by atoms with Gasteiger partial charge in [-0.2, -0.15) is 0 Å². The summed E-state index contributed by atoms with van der Waals surface area (Å²) in [5.74, 6) is 0. The van der Waals surface area contributed by atoms with Gasteiger partial charge in [-0.15, -0.1) is 0 Å². The summed E-state index contributed by atoms with van der Waals surface area (Å²) < 4.78 is 27.3. The summed E-state index contributed by atoms with van der Waals surface area (Å²) in [6.07, 6.45) is 2.58. The average molecular weight is 284 g/mol. The molecule has 0 unspecified atom stereocenters. The van der Waals surface area contributed by atoms with Gasteiger partial charge in [0.05, 0.1) is 11.0 Å². The summed E-state index contributed by atoms with van der Waals surface area (Å²) in [4.78, 5) is 0.185. The summed E-state index contributed by atoms with van der Waals surface area (Å²) in [6.45, 7) is 1.73. The second kappa shape index (κ2) is 5.48. The van der Waals surface area contributed by atoms with E-state index in [0.29, 0.717) is 24.1 Å². The van der Waals surface area contributed by atoms with Crippen molar-refractivity contribution in [2.24, 2.45) is 0 Å². The summed E-state index contributed by atoms with van der Waals surface area (Å²) in [5, 5.41) is 9.85. The summed E-state index contributed by atoms with van der Waals surface area (Å²) in [6, 6.07) is 4.40. The molecule has 0 amide bonds. The van der Waals surface area contributed by atoms with Crippen LogP contribution >= 0.6 is 0 Å². The second-order valence-corrected chi connectivity index (χ2v) is 6.79. The minimum atomic E-state index is -3.64. The van der Waals surface area contributed by atoms with E-state index < -0.39 is 22.2 Å². The van der Waals surface area contributed by atoms with Crippen LogP contribution in [0.15, 0.2) is 23.1 Å². The molecule has 1 aromatic rings. The van der Waals surface area contributed by atoms with Crippen LogP contribution in [0.3, 0.4) is 0 Å². The Labute approximate surface area is 113 Å². The van der Waals surface area contributed by atoms with Crippen LogP contribution in [0.1, 0.15) is 31.2 Å². The Morgan fingerprint density at radius 1 is 1.32 bits per heavy atom. The molecule has 6 heteroatoms. The van der Waals surface area contributed by atoms with Gasteiger partial charge in [-0.3, -0.25) is 0 Å². The number of nitrogen functional groups attached to an aromatic ring is 1. The normalized spacial score (nSPS) is 24.3. The number of nitrogens with one attached hydrogen (secondary N) is 1. The van der Waals surface area contributed by atoms with E-state index in [1.807, 2.05) is 0 Å². The largest absolute Gasteiger partial charge is 0.399 e. The molecule has 5 nitrogen and oxygen atoms in total. The van der Waals surface area contributed by atoms with Crippen LogP contribution in [0.4, 0.5) is 5.69 Å². The van der Waals surface area contributed by atoms with Crippen LogP contribution in [0.25, 0.3) is 0 Å². The molecule has 2 rings (SSSR count). The molecular formula is C13H20N2O3S. The van der Waals surface area contributed by atoms with Crippen LogP contribution in [0, 0.1) is 6.92 Å². The lowest BCUT2D eigenvalue weighted by atomic mass is 9.93. The smallest absolute Gasteiger partial charge is 0.241 e. The summed E-state index contributed by atoms with van der Waals surface area (Å²) >= 11 is 0. The van der Waals surface area contributed by atoms with Gasteiger partial charge in [0.15, 0.2) is 0 Å². The lowest BCUT2D eigenvalue weighted by molar-refractivity contribution is 0.101. The Bertz CT molecular complexity index is 557. The van der Waals surface area contributed by atoms with E-state index in [4.69, 9.17) is 5.73 Å². The highest BCUT2D eigenvalue weighted by molar-refractivity contribution is 7.89. The first kappa shape index (κ1) is 14.3. The molecule has 2 atom stereocenters. The van der Waals surface area contributed by atoms with Crippen LogP contribution in [0.2, 0.25) is 0 Å². The molecular weight excluding hydrogens is 264 g/mol. The van der Waals surface area contributed by atoms with Gasteiger partial charge in [0.25, 0.3) is 0 Å². The third kappa shape index (κ3) is 3.26. The predicted molar refractivity (Wildman–Crippen MR) is 74.2 cm³/mol. The van der Waals surface area contributed by atoms with E-state index in [2.05, 4.69) is 4.72 Å². The first-order chi connectivity index (χ1) is 8.90. The molecule has 0 radical (unpaired) electrons. The number of hydrogen-bond donors (Lipinski definition) is 3. The number of anilines is 1. The second-order valence-electron chi connectivity index (χ2n) is 5.10. The molecule has 0 saturated heterocycles. The van der Waals surface area contributed by atoms with Crippen molar-refractivity contribution in [2.75, 3.05) is 5.73 Å². The van der Waals surface area contributed by atoms with Crippen LogP contribution in [-0.2, 0) is 10.0 Å². The third-order valence-corrected chi connectivity index (χ3v) is 5.17. The van der Waals surface area contributed by atoms with E-state index in [1.165, 1.54) is 6.07 Å². The minimum Gasteiger partial charge on any atom is -0.399 e. The van der Waals surface area contributed by atoms with Crippen molar-refractivity contribution >= 4 is 15.7 Å². The molecule has 0 bridgehead atoms. The lowest BCUT2D eigenvalue weighted by Gasteiger charge is -2.28. The number of rotatable bonds is 3. The predicted octanol–water partition coefficient (Wildman–Crippen LogP) is 1.16. The molecule has 0 aliphatic heterocycles. The van der Waals surface area contributed by atoms with Crippen molar-refractivity contribution in [1.29, 1.82) is 0 Å². The fraction of sp³-hybridized carbons (Fsp3) is 0.538. The Balaban J connectivity index is 2.24. The SMILES string of the molecule is Cc1ccc(N)cc1S(=O)(=O)N[C@@H]1CCCC[C@H]1O. The maximum Gasteiger partial charge on any atom is 0.241 e. The fourth-order valence-electron chi connectivity index (χ4n) is 2.42. The van der Waals surface area contributed by atoms with E-state index >= 15 is 0 Å². The summed E-state index contributed by atoms with van der Waals surface area (Å²) in [5.41, 5.74) is 6.70. The van der Waals surface area contributed by atoms with E-state index in [9.17, 15) is 13.5 Å². The molecule has 0 aromatic heterocycles. The highest BCUT2D eigenvalue weighted by atomic mass is 32.2. The molecule has 1 aliphatic carbocycles. The number of benzene rings is 1. The lowest BCUT2D eigenvalue weighted by Crippen LogP contribution is -2.45. The van der Waals surface area contributed by atoms with Gasteiger partial charge in [0.2, 0.25) is 10.0 Å². The number of aliphatic hydroxyl groups is 1. The van der Waals surface area contributed by atoms with E-state index in [-0.39, 0.29) is 4.90 Å². The zero-order valence-electron chi connectivity index (χ0n) is 11.0. The van der Waals surface area contributed by atoms with Gasteiger partial charge in [0.1, 0.15) is 0 Å². The number of hydrogen-bond acceptors (Lipinski definition) is 4. The van der Waals surface area contributed by atoms with Gasteiger partial charge >= 0.3 is 0 Å². The first-order valence-corrected chi connectivity index (χ1v) is 7.95. The average Bonchev–Trinajstić information content (AvgIpc) is 2.35. The van der Waals surface area contributed by atoms with Crippen LogP contribution < -0.4 is 10.5 Å². The van der Waals surface area contributed by atoms with Crippen LogP contribution in [-0.4, -0.2) is 25.7 Å².